The van der Waals surface area contributed by atoms with E-state index >= 15 is 0 Å². The molecule has 1 aromatic rings. The molecule has 2 heteroatoms. The number of rotatable bonds is 0. The van der Waals surface area contributed by atoms with Crippen LogP contribution in [0.25, 0.3) is 0 Å². The number of hydrogen-bond donors (Lipinski definition) is 1. The van der Waals surface area contributed by atoms with Crippen LogP contribution in [0.1, 0.15) is 22.3 Å². The minimum Gasteiger partial charge on any atom is -0.507 e. The fraction of sp³-hybridized carbons (Fsp3) is 0.222. The van der Waals surface area contributed by atoms with E-state index in [0.29, 0.717) is 12.0 Å². The summed E-state index contributed by atoms with van der Waals surface area (Å²) in [7, 11) is 0. The van der Waals surface area contributed by atoms with Gasteiger partial charge in [-0.05, 0) is 24.1 Å². The number of Topliss-reactive ketones (excluding diaryl/α,β-unsaturated/α-hetero) is 1. The summed E-state index contributed by atoms with van der Waals surface area (Å²) in [5.41, 5.74) is 1.62. The van der Waals surface area contributed by atoms with Crippen LogP contribution in [0.15, 0.2) is 18.2 Å². The van der Waals surface area contributed by atoms with E-state index in [-0.39, 0.29) is 11.5 Å². The molecule has 0 spiro atoms. The van der Waals surface area contributed by atoms with E-state index in [0.717, 1.165) is 12.0 Å². The monoisotopic (exact) mass is 148 g/mol. The standard InChI is InChI=1S/C9H8O2/c10-8-3-1-6-2-4-9(11)7(8)5-6/h1,3,5,10H,2,4H2. The number of phenolic OH excluding ortho intramolecular Hbond substituents is 1. The second kappa shape index (κ2) is 2.09. The molecule has 0 unspecified atom stereocenters. The zero-order valence-electron chi connectivity index (χ0n) is 6.00. The summed E-state index contributed by atoms with van der Waals surface area (Å²) in [5, 5.41) is 9.22. The molecule has 0 aromatic heterocycles. The van der Waals surface area contributed by atoms with Gasteiger partial charge in [-0.2, -0.15) is 0 Å². The SMILES string of the molecule is O=C1CCc2ccc(O)c1c2. The fourth-order valence-electron chi connectivity index (χ4n) is 1.35. The van der Waals surface area contributed by atoms with Crippen LogP contribution in [-0.2, 0) is 6.42 Å². The summed E-state index contributed by atoms with van der Waals surface area (Å²) < 4.78 is 0. The highest BCUT2D eigenvalue weighted by Crippen LogP contribution is 2.25. The highest BCUT2D eigenvalue weighted by molar-refractivity contribution is 5.99. The van der Waals surface area contributed by atoms with Gasteiger partial charge < -0.3 is 5.11 Å². The fourth-order valence-corrected chi connectivity index (χ4v) is 1.35. The molecule has 2 rings (SSSR count). The van der Waals surface area contributed by atoms with E-state index in [9.17, 15) is 9.90 Å². The first-order valence-corrected chi connectivity index (χ1v) is 3.62. The van der Waals surface area contributed by atoms with Crippen LogP contribution in [0, 0.1) is 0 Å². The summed E-state index contributed by atoms with van der Waals surface area (Å²) in [4.78, 5) is 11.1. The maximum Gasteiger partial charge on any atom is 0.166 e. The molecule has 2 nitrogen and oxygen atoms in total. The van der Waals surface area contributed by atoms with Gasteiger partial charge in [-0.1, -0.05) is 6.07 Å². The lowest BCUT2D eigenvalue weighted by molar-refractivity contribution is 0.0976. The third-order valence-electron chi connectivity index (χ3n) is 2.00. The summed E-state index contributed by atoms with van der Waals surface area (Å²) in [6.07, 6.45) is 1.35. The van der Waals surface area contributed by atoms with Crippen LogP contribution in [0.4, 0.5) is 0 Å². The Morgan fingerprint density at radius 3 is 2.82 bits per heavy atom. The van der Waals surface area contributed by atoms with Gasteiger partial charge in [0.1, 0.15) is 5.75 Å². The maximum atomic E-state index is 11.1. The molecular formula is C9H8O2. The van der Waals surface area contributed by atoms with Crippen LogP contribution in [0.2, 0.25) is 0 Å². The Balaban J connectivity index is 2.64. The summed E-state index contributed by atoms with van der Waals surface area (Å²) in [6, 6.07) is 5.20. The van der Waals surface area contributed by atoms with Crippen molar-refractivity contribution in [2.45, 2.75) is 12.8 Å². The molecule has 0 heterocycles. The average molecular weight is 148 g/mol. The highest BCUT2D eigenvalue weighted by atomic mass is 16.3. The van der Waals surface area contributed by atoms with Crippen molar-refractivity contribution in [3.63, 3.8) is 0 Å². The second-order valence-electron chi connectivity index (χ2n) is 2.77. The Labute approximate surface area is 64.5 Å². The molecule has 0 radical (unpaired) electrons. The molecule has 0 amide bonds. The molecular weight excluding hydrogens is 140 g/mol. The highest BCUT2D eigenvalue weighted by Gasteiger charge is 2.16. The van der Waals surface area contributed by atoms with Crippen molar-refractivity contribution >= 4 is 5.78 Å². The van der Waals surface area contributed by atoms with Crippen molar-refractivity contribution in [3.8, 4) is 5.75 Å². The van der Waals surface area contributed by atoms with Gasteiger partial charge in [-0.25, -0.2) is 0 Å². The van der Waals surface area contributed by atoms with Crippen molar-refractivity contribution in [1.82, 2.24) is 0 Å². The van der Waals surface area contributed by atoms with Crippen molar-refractivity contribution in [2.24, 2.45) is 0 Å². The van der Waals surface area contributed by atoms with Gasteiger partial charge in [0, 0.05) is 6.42 Å². The lowest BCUT2D eigenvalue weighted by Crippen LogP contribution is -2.07. The van der Waals surface area contributed by atoms with Crippen LogP contribution < -0.4 is 0 Å². The Morgan fingerprint density at radius 2 is 2.09 bits per heavy atom. The van der Waals surface area contributed by atoms with Crippen LogP contribution in [0.3, 0.4) is 0 Å². The van der Waals surface area contributed by atoms with Gasteiger partial charge >= 0.3 is 0 Å². The number of fused-ring (bicyclic) bond motifs is 2. The minimum atomic E-state index is 0.0515. The van der Waals surface area contributed by atoms with E-state index in [1.165, 1.54) is 0 Å². The molecule has 1 aliphatic carbocycles. The topological polar surface area (TPSA) is 37.3 Å². The number of carbonyl (C=O) groups is 1. The average Bonchev–Trinajstić information content (AvgIpc) is 2.02. The Morgan fingerprint density at radius 1 is 1.27 bits per heavy atom. The second-order valence-corrected chi connectivity index (χ2v) is 2.77. The molecule has 1 aliphatic rings. The lowest BCUT2D eigenvalue weighted by atomic mass is 9.94. The smallest absolute Gasteiger partial charge is 0.166 e. The zero-order valence-corrected chi connectivity index (χ0v) is 6.00. The van der Waals surface area contributed by atoms with Crippen molar-refractivity contribution < 1.29 is 9.90 Å². The molecule has 1 aromatic carbocycles. The summed E-state index contributed by atoms with van der Waals surface area (Å²) in [5.74, 6) is 0.161. The Bertz CT molecular complexity index is 315. The van der Waals surface area contributed by atoms with E-state index in [1.807, 2.05) is 6.07 Å². The number of benzene rings is 1. The molecule has 0 aliphatic heterocycles. The van der Waals surface area contributed by atoms with Gasteiger partial charge in [0.05, 0.1) is 5.56 Å². The Hall–Kier alpha value is -1.31. The van der Waals surface area contributed by atoms with E-state index < -0.39 is 0 Å². The van der Waals surface area contributed by atoms with Gasteiger partial charge in [0.2, 0.25) is 0 Å². The molecule has 0 atom stereocenters. The van der Waals surface area contributed by atoms with E-state index in [4.69, 9.17) is 0 Å². The summed E-state index contributed by atoms with van der Waals surface area (Å²) in [6.45, 7) is 0. The number of aromatic hydroxyl groups is 1. The van der Waals surface area contributed by atoms with Gasteiger partial charge in [-0.15, -0.1) is 0 Å². The van der Waals surface area contributed by atoms with Gasteiger partial charge in [0.15, 0.2) is 5.78 Å². The normalized spacial score (nSPS) is 15.1. The van der Waals surface area contributed by atoms with Crippen LogP contribution >= 0.6 is 0 Å². The predicted octanol–water partition coefficient (Wildman–Crippen LogP) is 1.52. The van der Waals surface area contributed by atoms with Gasteiger partial charge in [0.25, 0.3) is 0 Å². The first-order valence-electron chi connectivity index (χ1n) is 3.62. The first kappa shape index (κ1) is 6.40. The molecule has 0 fully saturated rings. The molecule has 0 saturated heterocycles. The first-order chi connectivity index (χ1) is 5.27. The van der Waals surface area contributed by atoms with Crippen molar-refractivity contribution in [3.05, 3.63) is 29.3 Å². The van der Waals surface area contributed by atoms with Crippen LogP contribution in [-0.4, -0.2) is 10.9 Å². The predicted molar refractivity (Wildman–Crippen MR) is 40.8 cm³/mol. The minimum absolute atomic E-state index is 0.0515. The molecule has 0 saturated carbocycles. The number of hydrogen-bond acceptors (Lipinski definition) is 2. The van der Waals surface area contributed by atoms with E-state index in [1.54, 1.807) is 12.1 Å². The van der Waals surface area contributed by atoms with E-state index in [2.05, 4.69) is 0 Å². The lowest BCUT2D eigenvalue weighted by Gasteiger charge is -2.11. The van der Waals surface area contributed by atoms with Crippen molar-refractivity contribution in [1.29, 1.82) is 0 Å². The summed E-state index contributed by atoms with van der Waals surface area (Å²) >= 11 is 0. The third-order valence-corrected chi connectivity index (χ3v) is 2.00. The largest absolute Gasteiger partial charge is 0.507 e. The quantitative estimate of drug-likeness (QED) is 0.605. The zero-order chi connectivity index (χ0) is 7.84. The Kier molecular flexibility index (Phi) is 1.22. The molecule has 1 N–H and O–H groups in total. The van der Waals surface area contributed by atoms with Gasteiger partial charge in [-0.3, -0.25) is 4.79 Å². The maximum absolute atomic E-state index is 11.1. The third kappa shape index (κ3) is 0.909. The van der Waals surface area contributed by atoms with Crippen LogP contribution in [0.5, 0.6) is 5.75 Å². The molecule has 11 heavy (non-hydrogen) atoms. The molecule has 56 valence electrons. The number of phenols is 1. The molecule has 2 bridgehead atoms. The number of carbonyl (C=O) groups excluding carboxylic acids is 1. The van der Waals surface area contributed by atoms with Crippen molar-refractivity contribution in [2.75, 3.05) is 0 Å². The number of ketones is 1. The number of aryl methyl sites for hydroxylation is 1.